The van der Waals surface area contributed by atoms with Crippen LogP contribution in [0, 0.1) is 55.5 Å². The molecule has 0 heterocycles. The maximum absolute atomic E-state index is 10.3. The van der Waals surface area contributed by atoms with Crippen molar-refractivity contribution < 1.29 is 98.7 Å². The Bertz CT molecular complexity index is 1370. The molecular weight excluding hydrogens is 1340 g/mol. The number of thiocarbonyl (C=S) groups is 2. The van der Waals surface area contributed by atoms with Gasteiger partial charge in [-0.1, -0.05) is 95.5 Å². The Morgan fingerprint density at radius 2 is 0.987 bits per heavy atom. The fourth-order valence-corrected chi connectivity index (χ4v) is 2.92. The Morgan fingerprint density at radius 3 is 1.04 bits per heavy atom. The molecule has 0 aromatic rings. The van der Waals surface area contributed by atoms with E-state index in [1.54, 1.807) is 55.4 Å². The largest absolute Gasteiger partial charge is 0.384 e. The predicted molar refractivity (Wildman–Crippen MR) is 353 cm³/mol. The third-order valence-corrected chi connectivity index (χ3v) is 8.74. The van der Waals surface area contributed by atoms with Crippen LogP contribution in [0.1, 0.15) is 144 Å². The average molecular weight is 1470 g/mol. The Kier molecular flexibility index (Phi) is 228. The molecule has 0 aliphatic carbocycles. The number of hydrogen-bond acceptors (Lipinski definition) is 17. The van der Waals surface area contributed by atoms with Gasteiger partial charge in [0.15, 0.2) is 16.4 Å². The molecule has 0 bridgehead atoms. The van der Waals surface area contributed by atoms with Crippen LogP contribution in [0.2, 0.25) is 0 Å². The molecule has 4 amide bonds. The van der Waals surface area contributed by atoms with Gasteiger partial charge in [-0.2, -0.15) is 5.26 Å². The van der Waals surface area contributed by atoms with Crippen LogP contribution in [-0.4, -0.2) is 189 Å². The Balaban J connectivity index is -0.0000000225. The number of carbonyl (C=O) groups is 4. The third-order valence-electron chi connectivity index (χ3n) is 5.24. The fourth-order valence-electron chi connectivity index (χ4n) is 1.83. The number of nitrogens with one attached hydrogen (secondary N) is 13. The molecule has 0 fully saturated rings. The molecule has 0 aliphatic rings. The van der Waals surface area contributed by atoms with Crippen molar-refractivity contribution in [1.82, 2.24) is 67.3 Å². The van der Waals surface area contributed by atoms with Crippen molar-refractivity contribution in [3.63, 3.8) is 0 Å². The van der Waals surface area contributed by atoms with Gasteiger partial charge in [0, 0.05) is 120 Å². The van der Waals surface area contributed by atoms with Crippen LogP contribution in [0.15, 0.2) is 4.99 Å². The van der Waals surface area contributed by atoms with Crippen molar-refractivity contribution in [2.24, 2.45) is 4.99 Å². The number of guanidine groups is 1. The van der Waals surface area contributed by atoms with E-state index in [9.17, 15) is 36.0 Å². The summed E-state index contributed by atoms with van der Waals surface area (Å²) in [7, 11) is 16.1. The third kappa shape index (κ3) is 189. The van der Waals surface area contributed by atoms with E-state index >= 15 is 0 Å². The molecule has 15 N–H and O–H groups in total. The summed E-state index contributed by atoms with van der Waals surface area (Å²) in [6, 6.07) is 0. The van der Waals surface area contributed by atoms with Crippen LogP contribution in [0.5, 0.6) is 0 Å². The van der Waals surface area contributed by atoms with E-state index in [4.69, 9.17) is 27.7 Å². The summed E-state index contributed by atoms with van der Waals surface area (Å²) in [6.07, 6.45) is 1.19. The summed E-state index contributed by atoms with van der Waals surface area (Å²) in [6.45, 7) is 16.0. The standard InChI is InChI=1S/C4H8N4.C4H8N2OS.C4H10N2S.2C4H9NO2.C4H11N.2C3H9NO2S.C3H7NO.C2H7NO2S.11CH4.Ac/c1-6-4(7-2)8-3-5;1-3(7)6-4(8)5-2;1-3-6-4(7)5-2;2*1-3(6)4(7)5-2;1-3-4-5-2;1-3-4-7(5)6-2;1-3-7(5,6)4-2;1-3(5)4-2;1-3-6(4)5-2;;;;;;;;;;;;/h1-2H3,(H2,6,7,8);1-2H3,(H2,5,6,7,8);3H2,1-2H3,(H2,5,6,7);2*3,6H,1-2H3,(H,5,7);5H,3-4H2,1-2H3;2*4H,3H2,1-2H3;1-2H3,(H,4,5);3H,1-2H3;11*1H4;. The van der Waals surface area contributed by atoms with Crippen LogP contribution in [0.4, 0.5) is 0 Å². The first kappa shape index (κ1) is 147. The molecular formula is C46H131AcN15O12S5. The maximum atomic E-state index is 10.3. The second-order valence-corrected chi connectivity index (χ2v) is 15.9. The van der Waals surface area contributed by atoms with Gasteiger partial charge in [-0.3, -0.25) is 37.9 Å². The molecule has 4 atom stereocenters. The molecule has 0 saturated heterocycles. The minimum atomic E-state index is -2.91. The predicted octanol–water partition coefficient (Wildman–Crippen LogP) is 3.39. The van der Waals surface area contributed by atoms with Crippen LogP contribution in [-0.2, 0) is 60.1 Å². The summed E-state index contributed by atoms with van der Waals surface area (Å²) in [5.41, 5.74) is 0. The van der Waals surface area contributed by atoms with Crippen LogP contribution in [0.3, 0.4) is 0 Å². The van der Waals surface area contributed by atoms with Gasteiger partial charge in [0.25, 0.3) is 0 Å². The molecule has 0 saturated carbocycles. The quantitative estimate of drug-likeness (QED) is 0.0438. The van der Waals surface area contributed by atoms with E-state index in [2.05, 4.69) is 99.8 Å². The Hall–Kier alpha value is -2.41. The number of hydrogen-bond donors (Lipinski definition) is 15. The van der Waals surface area contributed by atoms with Crippen molar-refractivity contribution in [3.8, 4) is 6.19 Å². The number of nitrogens with zero attached hydrogens (tertiary/aromatic N) is 2. The fraction of sp³-hybridized carbons (Fsp3) is 0.826. The van der Waals surface area contributed by atoms with Crippen molar-refractivity contribution >= 4 is 96.8 Å². The maximum Gasteiger partial charge on any atom is 0.248 e. The summed E-state index contributed by atoms with van der Waals surface area (Å²) in [4.78, 5) is 43.8. The van der Waals surface area contributed by atoms with E-state index in [-0.39, 0.29) is 155 Å². The number of nitriles is 1. The van der Waals surface area contributed by atoms with Crippen molar-refractivity contribution in [2.75, 3.05) is 110 Å². The minimum Gasteiger partial charge on any atom is -0.384 e. The van der Waals surface area contributed by atoms with E-state index < -0.39 is 44.8 Å². The van der Waals surface area contributed by atoms with Gasteiger partial charge in [0.2, 0.25) is 62.1 Å². The molecule has 0 aromatic heterocycles. The number of aliphatic hydroxyl groups is 2. The first-order valence-corrected chi connectivity index (χ1v) is 24.3. The minimum absolute atomic E-state index is 0. The van der Waals surface area contributed by atoms with Gasteiger partial charge < -0.3 is 58.1 Å². The summed E-state index contributed by atoms with van der Waals surface area (Å²) >= 11 is 6.76. The van der Waals surface area contributed by atoms with Crippen molar-refractivity contribution in [2.45, 2.75) is 156 Å². The van der Waals surface area contributed by atoms with E-state index in [1.165, 1.54) is 69.5 Å². The molecule has 0 rings (SSSR count). The van der Waals surface area contributed by atoms with Gasteiger partial charge in [0.1, 0.15) is 12.2 Å². The van der Waals surface area contributed by atoms with Crippen LogP contribution in [0.25, 0.3) is 0 Å². The zero-order valence-electron chi connectivity index (χ0n) is 43.7. The summed E-state index contributed by atoms with van der Waals surface area (Å²) in [5, 5.41) is 51.5. The number of carbonyl (C=O) groups excluding carboxylic acids is 4. The van der Waals surface area contributed by atoms with Crippen LogP contribution < -0.4 is 67.3 Å². The SMILES string of the molecule is C.C.C.C.C.C.C.C.C.C.C.CCCNC.CCNC(=S)NC.CCNS(=O)OC.CCS(=O)(=O)NC.CN=C(NC)NC#N.CNC(=O)C(C)O.CNC(=O)C(C)O.CNC(=S)NC(C)=O.CNC(C)=O.CNS(=O)OC.[Ac]. The molecule has 4 unspecified atom stereocenters. The molecule has 1 radical (unpaired) electrons. The first-order valence-electron chi connectivity index (χ1n) is 19.7. The summed E-state index contributed by atoms with van der Waals surface area (Å²) < 4.78 is 56.3. The van der Waals surface area contributed by atoms with Crippen molar-refractivity contribution in [1.29, 1.82) is 5.26 Å². The number of sulfonamides is 1. The Labute approximate surface area is 540 Å². The van der Waals surface area contributed by atoms with Gasteiger partial charge in [-0.05, 0) is 86.2 Å². The molecule has 79 heavy (non-hydrogen) atoms. The molecule has 0 aromatic carbocycles. The van der Waals surface area contributed by atoms with Gasteiger partial charge in [-0.15, -0.1) is 0 Å². The number of aliphatic imine (C=N–C) groups is 1. The normalized spacial score (nSPS) is 9.10. The smallest absolute Gasteiger partial charge is 0.248 e. The monoisotopic (exact) mass is 1470 g/mol. The molecule has 33 heteroatoms. The number of amides is 4. The molecule has 0 aliphatic heterocycles. The van der Waals surface area contributed by atoms with Gasteiger partial charge >= 0.3 is 0 Å². The topological polar surface area (TPSA) is 388 Å². The van der Waals surface area contributed by atoms with E-state index in [1.807, 2.05) is 20.9 Å². The van der Waals surface area contributed by atoms with E-state index in [0.717, 1.165) is 13.1 Å². The van der Waals surface area contributed by atoms with Crippen molar-refractivity contribution in [3.05, 3.63) is 0 Å². The van der Waals surface area contributed by atoms with Crippen LogP contribution >= 0.6 is 24.4 Å². The van der Waals surface area contributed by atoms with Gasteiger partial charge in [-0.25, -0.2) is 31.0 Å². The van der Waals surface area contributed by atoms with Gasteiger partial charge in [0.05, 0.1) is 20.0 Å². The van der Waals surface area contributed by atoms with E-state index in [0.29, 0.717) is 22.7 Å². The molecule has 0 spiro atoms. The molecule has 495 valence electrons. The Morgan fingerprint density at radius 1 is 0.633 bits per heavy atom. The first-order chi connectivity index (χ1) is 31.1. The number of aliphatic hydroxyl groups excluding tert-OH is 2. The zero-order valence-corrected chi connectivity index (χ0v) is 52.5. The molecule has 27 nitrogen and oxygen atoms in total. The number of likely N-dealkylation sites (N-methyl/N-ethyl adjacent to an activating group) is 2. The average Bonchev–Trinajstić information content (AvgIpc) is 3.31. The number of rotatable bonds is 12. The summed E-state index contributed by atoms with van der Waals surface area (Å²) in [5.74, 6) is -0.203. The second-order valence-electron chi connectivity index (χ2n) is 10.5. The second kappa shape index (κ2) is 123. The zero-order chi connectivity index (χ0) is 55.4.